The first kappa shape index (κ1) is 13.1. The molecule has 0 spiro atoms. The number of halogens is 1. The summed E-state index contributed by atoms with van der Waals surface area (Å²) in [6.07, 6.45) is 0. The van der Waals surface area contributed by atoms with Crippen molar-refractivity contribution in [2.24, 2.45) is 0 Å². The lowest BCUT2D eigenvalue weighted by Gasteiger charge is -2.36. The van der Waals surface area contributed by atoms with E-state index >= 15 is 0 Å². The third kappa shape index (κ3) is 2.14. The van der Waals surface area contributed by atoms with Crippen LogP contribution in [0.4, 0.5) is 5.69 Å². The van der Waals surface area contributed by atoms with Gasteiger partial charge in [0.05, 0.1) is 5.69 Å². The van der Waals surface area contributed by atoms with Gasteiger partial charge in [-0.25, -0.2) is 0 Å². The maximum absolute atomic E-state index is 12.2. The number of amides is 2. The highest BCUT2D eigenvalue weighted by Crippen LogP contribution is 2.30. The van der Waals surface area contributed by atoms with Crippen molar-refractivity contribution in [3.63, 3.8) is 0 Å². The van der Waals surface area contributed by atoms with Crippen LogP contribution in [0.3, 0.4) is 0 Å². The molecule has 1 aliphatic rings. The lowest BCUT2D eigenvalue weighted by molar-refractivity contribution is -0.133. The molecule has 1 N–H and O–H groups in total. The monoisotopic (exact) mass is 310 g/mol. The third-order valence-corrected chi connectivity index (χ3v) is 3.77. The summed E-state index contributed by atoms with van der Waals surface area (Å²) in [5, 5.41) is 2.67. The van der Waals surface area contributed by atoms with Gasteiger partial charge in [-0.1, -0.05) is 6.07 Å². The van der Waals surface area contributed by atoms with Gasteiger partial charge in [0.1, 0.15) is 12.1 Å². The number of benzene rings is 1. The van der Waals surface area contributed by atoms with Crippen molar-refractivity contribution in [2.45, 2.75) is 32.9 Å². The number of nitrogens with one attached hydrogen (secondary N) is 1. The Labute approximate surface area is 114 Å². The van der Waals surface area contributed by atoms with Crippen LogP contribution in [0.2, 0.25) is 0 Å². The van der Waals surface area contributed by atoms with Crippen molar-refractivity contribution in [3.8, 4) is 0 Å². The fourth-order valence-electron chi connectivity index (χ4n) is 2.05. The zero-order chi connectivity index (χ0) is 13.4. The fourth-order valence-corrected chi connectivity index (χ4v) is 2.48. The van der Waals surface area contributed by atoms with E-state index < -0.39 is 12.1 Å². The van der Waals surface area contributed by atoms with Crippen molar-refractivity contribution in [1.82, 2.24) is 5.32 Å². The molecule has 0 radical (unpaired) electrons. The van der Waals surface area contributed by atoms with E-state index in [4.69, 9.17) is 0 Å². The second-order valence-electron chi connectivity index (χ2n) is 4.57. The summed E-state index contributed by atoms with van der Waals surface area (Å²) in [7, 11) is 0. The van der Waals surface area contributed by atoms with Crippen LogP contribution >= 0.6 is 15.9 Å². The van der Waals surface area contributed by atoms with Crippen LogP contribution < -0.4 is 10.2 Å². The Hall–Kier alpha value is -1.36. The number of carbonyl (C=O) groups is 2. The molecule has 1 fully saturated rings. The number of hydrogen-bond acceptors (Lipinski definition) is 2. The van der Waals surface area contributed by atoms with E-state index in [1.807, 2.05) is 25.1 Å². The van der Waals surface area contributed by atoms with Crippen LogP contribution in [0.25, 0.3) is 0 Å². The first-order chi connectivity index (χ1) is 8.41. The van der Waals surface area contributed by atoms with Crippen LogP contribution in [0, 0.1) is 6.92 Å². The molecule has 2 amide bonds. The first-order valence-corrected chi connectivity index (χ1v) is 6.60. The summed E-state index contributed by atoms with van der Waals surface area (Å²) < 4.78 is 0.815. The summed E-state index contributed by atoms with van der Waals surface area (Å²) in [5.41, 5.74) is 1.79. The van der Waals surface area contributed by atoms with Gasteiger partial charge in [-0.15, -0.1) is 0 Å². The molecule has 1 saturated heterocycles. The van der Waals surface area contributed by atoms with Crippen LogP contribution in [-0.2, 0) is 9.59 Å². The van der Waals surface area contributed by atoms with Crippen molar-refractivity contribution in [1.29, 1.82) is 0 Å². The maximum Gasteiger partial charge on any atom is 0.250 e. The predicted molar refractivity (Wildman–Crippen MR) is 73.4 cm³/mol. The summed E-state index contributed by atoms with van der Waals surface area (Å²) in [5.74, 6) is -0.219. The van der Waals surface area contributed by atoms with E-state index in [2.05, 4.69) is 21.2 Å². The van der Waals surface area contributed by atoms with E-state index in [9.17, 15) is 9.59 Å². The predicted octanol–water partition coefficient (Wildman–Crippen LogP) is 2.00. The smallest absolute Gasteiger partial charge is 0.250 e. The van der Waals surface area contributed by atoms with E-state index in [0.717, 1.165) is 15.7 Å². The zero-order valence-electron chi connectivity index (χ0n) is 10.5. The van der Waals surface area contributed by atoms with E-state index in [0.29, 0.717) is 0 Å². The van der Waals surface area contributed by atoms with Gasteiger partial charge in [0.15, 0.2) is 0 Å². The molecule has 0 bridgehead atoms. The Balaban J connectivity index is 2.49. The second-order valence-corrected chi connectivity index (χ2v) is 5.42. The standard InChI is InChI=1S/C13H15BrN2O2/c1-7-4-5-10(14)11(6-7)16-9(3)12(17)15-8(2)13(16)18/h4-6,8-9H,1-3H3,(H,15,17). The van der Waals surface area contributed by atoms with Gasteiger partial charge in [-0.05, 0) is 54.4 Å². The molecule has 1 aromatic rings. The van der Waals surface area contributed by atoms with Crippen molar-refractivity contribution in [2.75, 3.05) is 4.90 Å². The molecule has 2 atom stereocenters. The number of nitrogens with zero attached hydrogens (tertiary/aromatic N) is 1. The minimum atomic E-state index is -0.494. The zero-order valence-corrected chi connectivity index (χ0v) is 12.1. The lowest BCUT2D eigenvalue weighted by atomic mass is 10.1. The molecule has 0 aromatic heterocycles. The summed E-state index contributed by atoms with van der Waals surface area (Å²) in [6.45, 7) is 5.38. The largest absolute Gasteiger partial charge is 0.343 e. The molecule has 18 heavy (non-hydrogen) atoms. The molecule has 0 saturated carbocycles. The maximum atomic E-state index is 12.2. The molecule has 1 aliphatic heterocycles. The minimum Gasteiger partial charge on any atom is -0.343 e. The van der Waals surface area contributed by atoms with E-state index in [-0.39, 0.29) is 11.8 Å². The summed E-state index contributed by atoms with van der Waals surface area (Å²) in [6, 6.07) is 4.77. The summed E-state index contributed by atoms with van der Waals surface area (Å²) >= 11 is 3.44. The van der Waals surface area contributed by atoms with Gasteiger partial charge in [-0.2, -0.15) is 0 Å². The average Bonchev–Trinajstić information content (AvgIpc) is 2.31. The third-order valence-electron chi connectivity index (χ3n) is 3.09. The van der Waals surface area contributed by atoms with Gasteiger partial charge in [-0.3, -0.25) is 14.5 Å². The fraction of sp³-hybridized carbons (Fsp3) is 0.385. The highest BCUT2D eigenvalue weighted by molar-refractivity contribution is 9.10. The number of piperazine rings is 1. The second kappa shape index (κ2) is 4.72. The highest BCUT2D eigenvalue weighted by Gasteiger charge is 2.37. The normalized spacial score (nSPS) is 24.1. The minimum absolute atomic E-state index is 0.0894. The molecule has 4 nitrogen and oxygen atoms in total. The quantitative estimate of drug-likeness (QED) is 0.862. The van der Waals surface area contributed by atoms with Gasteiger partial charge in [0.25, 0.3) is 0 Å². The number of carbonyl (C=O) groups excluding carboxylic acids is 2. The molecule has 1 aromatic carbocycles. The first-order valence-electron chi connectivity index (χ1n) is 5.81. The Bertz CT molecular complexity index is 516. The van der Waals surface area contributed by atoms with E-state index in [1.54, 1.807) is 18.7 Å². The van der Waals surface area contributed by atoms with Gasteiger partial charge < -0.3 is 5.32 Å². The Morgan fingerprint density at radius 1 is 1.28 bits per heavy atom. The molecular weight excluding hydrogens is 296 g/mol. The Morgan fingerprint density at radius 3 is 2.61 bits per heavy atom. The Morgan fingerprint density at radius 2 is 1.94 bits per heavy atom. The number of aryl methyl sites for hydroxylation is 1. The van der Waals surface area contributed by atoms with Crippen LogP contribution in [0.5, 0.6) is 0 Å². The molecule has 1 heterocycles. The number of hydrogen-bond donors (Lipinski definition) is 1. The lowest BCUT2D eigenvalue weighted by Crippen LogP contribution is -2.61. The topological polar surface area (TPSA) is 49.4 Å². The molecule has 5 heteroatoms. The SMILES string of the molecule is Cc1ccc(Br)c(N2C(=O)C(C)NC(=O)C2C)c1. The van der Waals surface area contributed by atoms with Crippen molar-refractivity contribution < 1.29 is 9.59 Å². The average molecular weight is 311 g/mol. The van der Waals surface area contributed by atoms with Gasteiger partial charge in [0, 0.05) is 4.47 Å². The molecule has 2 rings (SSSR count). The van der Waals surface area contributed by atoms with Crippen LogP contribution in [0.1, 0.15) is 19.4 Å². The number of anilines is 1. The molecular formula is C13H15BrN2O2. The van der Waals surface area contributed by atoms with Crippen molar-refractivity contribution >= 4 is 33.4 Å². The van der Waals surface area contributed by atoms with E-state index in [1.165, 1.54) is 0 Å². The molecule has 0 aliphatic carbocycles. The van der Waals surface area contributed by atoms with Gasteiger partial charge in [0.2, 0.25) is 11.8 Å². The molecule has 96 valence electrons. The number of rotatable bonds is 1. The van der Waals surface area contributed by atoms with Gasteiger partial charge >= 0.3 is 0 Å². The van der Waals surface area contributed by atoms with Crippen molar-refractivity contribution in [3.05, 3.63) is 28.2 Å². The van der Waals surface area contributed by atoms with Crippen LogP contribution in [0.15, 0.2) is 22.7 Å². The highest BCUT2D eigenvalue weighted by atomic mass is 79.9. The Kier molecular flexibility index (Phi) is 3.43. The molecule has 2 unspecified atom stereocenters. The summed E-state index contributed by atoms with van der Waals surface area (Å²) in [4.78, 5) is 25.6. The van der Waals surface area contributed by atoms with Crippen LogP contribution in [-0.4, -0.2) is 23.9 Å².